The molecule has 2 N–H and O–H groups in total. The first-order chi connectivity index (χ1) is 11.9. The van der Waals surface area contributed by atoms with Gasteiger partial charge in [0.2, 0.25) is 5.91 Å². The first-order valence-electron chi connectivity index (χ1n) is 9.03. The highest BCUT2D eigenvalue weighted by molar-refractivity contribution is 5.77. The summed E-state index contributed by atoms with van der Waals surface area (Å²) in [6.07, 6.45) is 2.60. The summed E-state index contributed by atoms with van der Waals surface area (Å²) in [5.41, 5.74) is 1.11. The fourth-order valence-electron chi connectivity index (χ4n) is 3.35. The minimum Gasteiger partial charge on any atom is -0.481 e. The lowest BCUT2D eigenvalue weighted by Crippen LogP contribution is -2.39. The van der Waals surface area contributed by atoms with Crippen molar-refractivity contribution < 1.29 is 19.4 Å². The molecule has 138 valence electrons. The van der Waals surface area contributed by atoms with Crippen molar-refractivity contribution in [2.24, 2.45) is 11.8 Å². The summed E-state index contributed by atoms with van der Waals surface area (Å²) in [6.45, 7) is 5.65. The van der Waals surface area contributed by atoms with Gasteiger partial charge in [-0.1, -0.05) is 44.2 Å². The van der Waals surface area contributed by atoms with Gasteiger partial charge in [0.05, 0.1) is 5.92 Å². The van der Waals surface area contributed by atoms with Crippen molar-refractivity contribution in [1.82, 2.24) is 5.32 Å². The molecule has 1 fully saturated rings. The van der Waals surface area contributed by atoms with Crippen molar-refractivity contribution in [1.29, 1.82) is 0 Å². The molecule has 1 unspecified atom stereocenters. The molecule has 25 heavy (non-hydrogen) atoms. The van der Waals surface area contributed by atoms with Gasteiger partial charge in [-0.05, 0) is 36.2 Å². The lowest BCUT2D eigenvalue weighted by molar-refractivity contribution is -0.145. The quantitative estimate of drug-likeness (QED) is 0.758. The highest BCUT2D eigenvalue weighted by Crippen LogP contribution is 2.28. The Morgan fingerprint density at radius 2 is 1.88 bits per heavy atom. The summed E-state index contributed by atoms with van der Waals surface area (Å²) < 4.78 is 5.29. The number of benzene rings is 1. The third-order valence-corrected chi connectivity index (χ3v) is 5.20. The standard InChI is InChI=1S/C20H29NO4/c1-20(2,16-6-4-3-5-7-16)11-8-18(22)21-14-17(19(23)24)15-9-12-25-13-10-15/h3-7,15,17H,8-14H2,1-2H3,(H,21,22)(H,23,24). The number of amides is 1. The number of hydrogen-bond donors (Lipinski definition) is 2. The van der Waals surface area contributed by atoms with Gasteiger partial charge in [0.15, 0.2) is 0 Å². The number of carbonyl (C=O) groups is 2. The second-order valence-electron chi connectivity index (χ2n) is 7.45. The van der Waals surface area contributed by atoms with Crippen molar-refractivity contribution in [3.05, 3.63) is 35.9 Å². The largest absolute Gasteiger partial charge is 0.481 e. The maximum Gasteiger partial charge on any atom is 0.308 e. The molecule has 0 aromatic heterocycles. The Balaban J connectivity index is 1.81. The molecule has 1 aromatic carbocycles. The fourth-order valence-corrected chi connectivity index (χ4v) is 3.35. The smallest absolute Gasteiger partial charge is 0.308 e. The van der Waals surface area contributed by atoms with E-state index < -0.39 is 11.9 Å². The van der Waals surface area contributed by atoms with Gasteiger partial charge >= 0.3 is 5.97 Å². The van der Waals surface area contributed by atoms with Crippen LogP contribution in [0.1, 0.15) is 45.1 Å². The Morgan fingerprint density at radius 1 is 1.24 bits per heavy atom. The molecule has 1 aliphatic heterocycles. The first kappa shape index (κ1) is 19.4. The summed E-state index contributed by atoms with van der Waals surface area (Å²) in [7, 11) is 0. The lowest BCUT2D eigenvalue weighted by Gasteiger charge is -2.28. The molecule has 0 spiro atoms. The number of aliphatic carboxylic acids is 1. The molecular weight excluding hydrogens is 318 g/mol. The van der Waals surface area contributed by atoms with Crippen LogP contribution in [-0.2, 0) is 19.7 Å². The Kier molecular flexibility index (Phi) is 7.00. The monoisotopic (exact) mass is 347 g/mol. The van der Waals surface area contributed by atoms with E-state index in [1.54, 1.807) is 0 Å². The number of carboxylic acid groups (broad SMARTS) is 1. The van der Waals surface area contributed by atoms with Gasteiger partial charge < -0.3 is 15.2 Å². The molecule has 0 radical (unpaired) electrons. The Labute approximate surface area is 149 Å². The van der Waals surface area contributed by atoms with Crippen LogP contribution in [0.2, 0.25) is 0 Å². The van der Waals surface area contributed by atoms with Gasteiger partial charge in [-0.2, -0.15) is 0 Å². The molecule has 1 amide bonds. The van der Waals surface area contributed by atoms with Gasteiger partial charge in [0.1, 0.15) is 0 Å². The second-order valence-corrected chi connectivity index (χ2v) is 7.45. The van der Waals surface area contributed by atoms with Gasteiger partial charge in [-0.3, -0.25) is 9.59 Å². The van der Waals surface area contributed by atoms with Crippen LogP contribution >= 0.6 is 0 Å². The summed E-state index contributed by atoms with van der Waals surface area (Å²) >= 11 is 0. The maximum atomic E-state index is 12.2. The Morgan fingerprint density at radius 3 is 2.48 bits per heavy atom. The molecule has 1 aromatic rings. The number of carboxylic acids is 1. The minimum absolute atomic E-state index is 0.0762. The number of nitrogens with one attached hydrogen (secondary N) is 1. The molecule has 0 saturated carbocycles. The number of ether oxygens (including phenoxy) is 1. The third-order valence-electron chi connectivity index (χ3n) is 5.20. The molecule has 1 saturated heterocycles. The average Bonchev–Trinajstić information content (AvgIpc) is 2.61. The number of hydrogen-bond acceptors (Lipinski definition) is 3. The highest BCUT2D eigenvalue weighted by atomic mass is 16.5. The Hall–Kier alpha value is -1.88. The van der Waals surface area contributed by atoms with Crippen molar-refractivity contribution >= 4 is 11.9 Å². The minimum atomic E-state index is -0.836. The van der Waals surface area contributed by atoms with Crippen LogP contribution in [0.25, 0.3) is 0 Å². The SMILES string of the molecule is CC(C)(CCC(=O)NCC(C(=O)O)C1CCOCC1)c1ccccc1. The molecule has 2 rings (SSSR count). The van der Waals surface area contributed by atoms with E-state index in [2.05, 4.69) is 31.3 Å². The van der Waals surface area contributed by atoms with Gasteiger partial charge in [-0.15, -0.1) is 0 Å². The number of carbonyl (C=O) groups excluding carboxylic acids is 1. The van der Waals surface area contributed by atoms with Gasteiger partial charge in [0.25, 0.3) is 0 Å². The molecular formula is C20H29NO4. The van der Waals surface area contributed by atoms with Crippen LogP contribution in [0, 0.1) is 11.8 Å². The van der Waals surface area contributed by atoms with E-state index in [9.17, 15) is 14.7 Å². The van der Waals surface area contributed by atoms with Crippen LogP contribution in [0.5, 0.6) is 0 Å². The predicted molar refractivity (Wildman–Crippen MR) is 96.4 cm³/mol. The topological polar surface area (TPSA) is 75.6 Å². The van der Waals surface area contributed by atoms with Crippen LogP contribution in [0.4, 0.5) is 0 Å². The molecule has 5 heteroatoms. The van der Waals surface area contributed by atoms with Gasteiger partial charge in [0, 0.05) is 26.2 Å². The zero-order valence-corrected chi connectivity index (χ0v) is 15.2. The predicted octanol–water partition coefficient (Wildman–Crippen LogP) is 2.99. The molecule has 5 nitrogen and oxygen atoms in total. The van der Waals surface area contributed by atoms with E-state index in [0.29, 0.717) is 19.6 Å². The van der Waals surface area contributed by atoms with Crippen LogP contribution in [0.15, 0.2) is 30.3 Å². The summed E-state index contributed by atoms with van der Waals surface area (Å²) in [4.78, 5) is 23.7. The number of rotatable bonds is 8. The van der Waals surface area contributed by atoms with Gasteiger partial charge in [-0.25, -0.2) is 0 Å². The van der Waals surface area contributed by atoms with Crippen molar-refractivity contribution in [3.8, 4) is 0 Å². The first-order valence-corrected chi connectivity index (χ1v) is 9.03. The van der Waals surface area contributed by atoms with E-state index in [1.165, 1.54) is 5.56 Å². The fraction of sp³-hybridized carbons (Fsp3) is 0.600. The van der Waals surface area contributed by atoms with Crippen LogP contribution < -0.4 is 5.32 Å². The maximum absolute atomic E-state index is 12.2. The van der Waals surface area contributed by atoms with Crippen LogP contribution in [0.3, 0.4) is 0 Å². The summed E-state index contributed by atoms with van der Waals surface area (Å²) in [6, 6.07) is 10.1. The van der Waals surface area contributed by atoms with E-state index in [1.807, 2.05) is 18.2 Å². The molecule has 1 heterocycles. The molecule has 1 aliphatic rings. The zero-order chi connectivity index (χ0) is 18.3. The summed E-state index contributed by atoms with van der Waals surface area (Å²) in [5, 5.41) is 12.3. The van der Waals surface area contributed by atoms with E-state index in [0.717, 1.165) is 19.3 Å². The van der Waals surface area contributed by atoms with E-state index >= 15 is 0 Å². The highest BCUT2D eigenvalue weighted by Gasteiger charge is 2.30. The normalized spacial score (nSPS) is 17.0. The molecule has 1 atom stereocenters. The van der Waals surface area contributed by atoms with Crippen molar-refractivity contribution in [2.45, 2.75) is 44.9 Å². The van der Waals surface area contributed by atoms with Crippen molar-refractivity contribution in [3.63, 3.8) is 0 Å². The molecule has 0 aliphatic carbocycles. The van der Waals surface area contributed by atoms with Crippen LogP contribution in [-0.4, -0.2) is 36.7 Å². The van der Waals surface area contributed by atoms with E-state index in [-0.39, 0.29) is 23.8 Å². The average molecular weight is 347 g/mol. The van der Waals surface area contributed by atoms with Crippen molar-refractivity contribution in [2.75, 3.05) is 19.8 Å². The lowest BCUT2D eigenvalue weighted by atomic mass is 9.80. The zero-order valence-electron chi connectivity index (χ0n) is 15.2. The third kappa shape index (κ3) is 5.85. The Bertz CT molecular complexity index is 564. The second kappa shape index (κ2) is 8.99. The summed E-state index contributed by atoms with van der Waals surface area (Å²) in [5.74, 6) is -1.37. The van der Waals surface area contributed by atoms with E-state index in [4.69, 9.17) is 4.74 Å². The molecule has 0 bridgehead atoms.